The first kappa shape index (κ1) is 15.0. The van der Waals surface area contributed by atoms with Crippen LogP contribution in [0.5, 0.6) is 0 Å². The summed E-state index contributed by atoms with van der Waals surface area (Å²) < 4.78 is 0. The van der Waals surface area contributed by atoms with E-state index in [4.69, 9.17) is 5.73 Å². The summed E-state index contributed by atoms with van der Waals surface area (Å²) in [6, 6.07) is 8.40. The van der Waals surface area contributed by atoms with E-state index in [1.54, 1.807) is 18.3 Å². The first-order chi connectivity index (χ1) is 9.99. The molecule has 0 saturated heterocycles. The molecule has 0 aliphatic heterocycles. The summed E-state index contributed by atoms with van der Waals surface area (Å²) in [6.07, 6.45) is 2.15. The molecule has 5 nitrogen and oxygen atoms in total. The third-order valence-corrected chi connectivity index (χ3v) is 3.23. The van der Waals surface area contributed by atoms with Crippen LogP contribution in [0.2, 0.25) is 0 Å². The molecule has 2 aromatic rings. The van der Waals surface area contributed by atoms with Gasteiger partial charge in [-0.25, -0.2) is 0 Å². The zero-order chi connectivity index (χ0) is 15.4. The van der Waals surface area contributed by atoms with Gasteiger partial charge >= 0.3 is 0 Å². The van der Waals surface area contributed by atoms with Crippen molar-refractivity contribution in [2.24, 2.45) is 11.7 Å². The Labute approximate surface area is 123 Å². The highest BCUT2D eigenvalue weighted by Crippen LogP contribution is 2.16. The number of primary amides is 1. The molecule has 0 radical (unpaired) electrons. The maximum absolute atomic E-state index is 12.4. The van der Waals surface area contributed by atoms with Gasteiger partial charge in [0.05, 0.1) is 11.1 Å². The number of pyridine rings is 1. The molecule has 2 rings (SSSR count). The van der Waals surface area contributed by atoms with Gasteiger partial charge in [-0.1, -0.05) is 32.0 Å². The van der Waals surface area contributed by atoms with E-state index in [-0.39, 0.29) is 11.8 Å². The molecule has 110 valence electrons. The summed E-state index contributed by atoms with van der Waals surface area (Å²) in [7, 11) is 0. The Morgan fingerprint density at radius 2 is 1.95 bits per heavy atom. The lowest BCUT2D eigenvalue weighted by molar-refractivity contribution is -0.120. The van der Waals surface area contributed by atoms with E-state index >= 15 is 0 Å². The minimum absolute atomic E-state index is 0.258. The first-order valence-electron chi connectivity index (χ1n) is 6.93. The fourth-order valence-corrected chi connectivity index (χ4v) is 2.24. The third kappa shape index (κ3) is 3.56. The van der Waals surface area contributed by atoms with Gasteiger partial charge in [-0.15, -0.1) is 0 Å². The number of aromatic nitrogens is 1. The predicted molar refractivity (Wildman–Crippen MR) is 81.6 cm³/mol. The van der Waals surface area contributed by atoms with Crippen LogP contribution in [0.1, 0.15) is 30.6 Å². The molecule has 1 aromatic heterocycles. The molecular formula is C16H19N3O2. The largest absolute Gasteiger partial charge is 0.368 e. The molecule has 3 N–H and O–H groups in total. The second-order valence-electron chi connectivity index (χ2n) is 5.44. The van der Waals surface area contributed by atoms with E-state index in [9.17, 15) is 9.59 Å². The quantitative estimate of drug-likeness (QED) is 0.879. The van der Waals surface area contributed by atoms with Crippen LogP contribution >= 0.6 is 0 Å². The first-order valence-corrected chi connectivity index (χ1v) is 6.93. The molecule has 5 heteroatoms. The van der Waals surface area contributed by atoms with Crippen LogP contribution in [0.3, 0.4) is 0 Å². The fraction of sp³-hybridized carbons (Fsp3) is 0.312. The predicted octanol–water partition coefficient (Wildman–Crippen LogP) is 1.86. The Bertz CT molecular complexity index is 662. The van der Waals surface area contributed by atoms with Crippen molar-refractivity contribution in [2.75, 3.05) is 0 Å². The van der Waals surface area contributed by atoms with Crippen LogP contribution in [0.25, 0.3) is 10.9 Å². The van der Waals surface area contributed by atoms with Crippen molar-refractivity contribution in [1.82, 2.24) is 10.3 Å². The highest BCUT2D eigenvalue weighted by atomic mass is 16.2. The average molecular weight is 285 g/mol. The molecule has 0 spiro atoms. The minimum Gasteiger partial charge on any atom is -0.368 e. The van der Waals surface area contributed by atoms with Gasteiger partial charge in [0.1, 0.15) is 6.04 Å². The molecule has 0 aliphatic carbocycles. The van der Waals surface area contributed by atoms with Crippen LogP contribution in [0, 0.1) is 5.92 Å². The molecule has 0 fully saturated rings. The van der Waals surface area contributed by atoms with Crippen molar-refractivity contribution in [3.8, 4) is 0 Å². The molecular weight excluding hydrogens is 266 g/mol. The number of nitrogens with one attached hydrogen (secondary N) is 1. The number of nitrogens with zero attached hydrogens (tertiary/aromatic N) is 1. The molecule has 21 heavy (non-hydrogen) atoms. The van der Waals surface area contributed by atoms with Crippen molar-refractivity contribution >= 4 is 22.7 Å². The summed E-state index contributed by atoms with van der Waals surface area (Å²) in [5.74, 6) is -0.595. The lowest BCUT2D eigenvalue weighted by Gasteiger charge is -2.17. The van der Waals surface area contributed by atoms with E-state index in [2.05, 4.69) is 10.3 Å². The molecule has 1 aromatic carbocycles. The van der Waals surface area contributed by atoms with Gasteiger partial charge in [0, 0.05) is 11.6 Å². The smallest absolute Gasteiger partial charge is 0.254 e. The van der Waals surface area contributed by atoms with Gasteiger partial charge < -0.3 is 11.1 Å². The van der Waals surface area contributed by atoms with Crippen molar-refractivity contribution in [2.45, 2.75) is 26.3 Å². The van der Waals surface area contributed by atoms with E-state index in [1.807, 2.05) is 32.0 Å². The van der Waals surface area contributed by atoms with Crippen LogP contribution in [-0.2, 0) is 4.79 Å². The maximum Gasteiger partial charge on any atom is 0.254 e. The van der Waals surface area contributed by atoms with E-state index in [0.717, 1.165) is 5.39 Å². The van der Waals surface area contributed by atoms with Crippen LogP contribution in [-0.4, -0.2) is 22.8 Å². The van der Waals surface area contributed by atoms with Gasteiger partial charge in [0.15, 0.2) is 0 Å². The molecule has 0 bridgehead atoms. The number of carbonyl (C=O) groups excluding carboxylic acids is 2. The standard InChI is InChI=1S/C16H19N3O2/c1-10(2)9-13(15(17)20)19-16(21)12-7-3-5-11-6-4-8-18-14(11)12/h3-8,10,13H,9H2,1-2H3,(H2,17,20)(H,19,21)/t13-/m1/s1. The van der Waals surface area contributed by atoms with E-state index in [1.165, 1.54) is 0 Å². The number of para-hydroxylation sites is 1. The molecule has 0 unspecified atom stereocenters. The maximum atomic E-state index is 12.4. The summed E-state index contributed by atoms with van der Waals surface area (Å²) >= 11 is 0. The number of benzene rings is 1. The molecule has 1 heterocycles. The van der Waals surface area contributed by atoms with Gasteiger partial charge in [-0.3, -0.25) is 14.6 Å². The topological polar surface area (TPSA) is 85.1 Å². The number of hydrogen-bond donors (Lipinski definition) is 2. The number of amides is 2. The monoisotopic (exact) mass is 285 g/mol. The number of hydrogen-bond acceptors (Lipinski definition) is 3. The zero-order valence-corrected chi connectivity index (χ0v) is 12.2. The van der Waals surface area contributed by atoms with Crippen LogP contribution in [0.15, 0.2) is 36.5 Å². The lowest BCUT2D eigenvalue weighted by Crippen LogP contribution is -2.45. The second-order valence-corrected chi connectivity index (χ2v) is 5.44. The van der Waals surface area contributed by atoms with Crippen molar-refractivity contribution in [3.63, 3.8) is 0 Å². The number of fused-ring (bicyclic) bond motifs is 1. The van der Waals surface area contributed by atoms with Crippen molar-refractivity contribution in [3.05, 3.63) is 42.1 Å². The Balaban J connectivity index is 2.27. The summed E-state index contributed by atoms with van der Waals surface area (Å²) in [5, 5.41) is 3.58. The van der Waals surface area contributed by atoms with Gasteiger partial charge in [0.25, 0.3) is 5.91 Å². The molecule has 2 amide bonds. The normalized spacial score (nSPS) is 12.3. The van der Waals surface area contributed by atoms with Crippen LogP contribution in [0.4, 0.5) is 0 Å². The van der Waals surface area contributed by atoms with E-state index in [0.29, 0.717) is 17.5 Å². The minimum atomic E-state index is -0.670. The van der Waals surface area contributed by atoms with E-state index < -0.39 is 11.9 Å². The third-order valence-electron chi connectivity index (χ3n) is 3.23. The zero-order valence-electron chi connectivity index (χ0n) is 12.2. The Kier molecular flexibility index (Phi) is 4.52. The molecule has 0 saturated carbocycles. The fourth-order valence-electron chi connectivity index (χ4n) is 2.24. The number of rotatable bonds is 5. The average Bonchev–Trinajstić information content (AvgIpc) is 2.45. The Morgan fingerprint density at radius 1 is 1.24 bits per heavy atom. The van der Waals surface area contributed by atoms with Crippen LogP contribution < -0.4 is 11.1 Å². The highest BCUT2D eigenvalue weighted by molar-refractivity contribution is 6.06. The summed E-state index contributed by atoms with van der Waals surface area (Å²) in [5.41, 5.74) is 6.42. The SMILES string of the molecule is CC(C)C[C@@H](NC(=O)c1cccc2cccnc12)C(N)=O. The Hall–Kier alpha value is -2.43. The van der Waals surface area contributed by atoms with Crippen molar-refractivity contribution < 1.29 is 9.59 Å². The van der Waals surface area contributed by atoms with Crippen molar-refractivity contribution in [1.29, 1.82) is 0 Å². The number of carbonyl (C=O) groups is 2. The van der Waals surface area contributed by atoms with Gasteiger partial charge in [-0.2, -0.15) is 0 Å². The second kappa shape index (κ2) is 6.35. The Morgan fingerprint density at radius 3 is 2.62 bits per heavy atom. The molecule has 0 aliphatic rings. The highest BCUT2D eigenvalue weighted by Gasteiger charge is 2.21. The summed E-state index contributed by atoms with van der Waals surface area (Å²) in [4.78, 5) is 28.1. The molecule has 1 atom stereocenters. The number of nitrogens with two attached hydrogens (primary N) is 1. The lowest BCUT2D eigenvalue weighted by atomic mass is 10.0. The van der Waals surface area contributed by atoms with Gasteiger partial charge in [0.2, 0.25) is 5.91 Å². The van der Waals surface area contributed by atoms with Gasteiger partial charge in [-0.05, 0) is 24.5 Å². The summed E-state index contributed by atoms with van der Waals surface area (Å²) in [6.45, 7) is 3.95.